The fourth-order valence-corrected chi connectivity index (χ4v) is 0.683. The van der Waals surface area contributed by atoms with Gasteiger partial charge in [0.05, 0.1) is 6.26 Å². The predicted octanol–water partition coefficient (Wildman–Crippen LogP) is 2.15. The third-order valence-electron chi connectivity index (χ3n) is 1.19. The summed E-state index contributed by atoms with van der Waals surface area (Å²) in [5.41, 5.74) is 1.28. The summed E-state index contributed by atoms with van der Waals surface area (Å²) in [7, 11) is 0. The second kappa shape index (κ2) is 2.03. The molecule has 0 amide bonds. The third-order valence-corrected chi connectivity index (χ3v) is 1.19. The number of furan rings is 1. The van der Waals surface area contributed by atoms with E-state index < -0.39 is 0 Å². The number of hydrogen-bond acceptors (Lipinski definition) is 1. The average molecular weight is 110 g/mol. The Balaban J connectivity index is 2.84. The molecule has 1 heteroatoms. The summed E-state index contributed by atoms with van der Waals surface area (Å²) in [4.78, 5) is 0. The molecule has 1 aromatic heterocycles. The molecule has 1 aromatic rings. The highest BCUT2D eigenvalue weighted by atomic mass is 16.3. The smallest absolute Gasteiger partial charge is 0.100 e. The molecule has 0 saturated carbocycles. The van der Waals surface area contributed by atoms with Crippen LogP contribution < -0.4 is 0 Å². The van der Waals surface area contributed by atoms with Crippen molar-refractivity contribution in [1.29, 1.82) is 0 Å². The summed E-state index contributed by atoms with van der Waals surface area (Å²) < 4.78 is 5.06. The van der Waals surface area contributed by atoms with Gasteiger partial charge in [0.1, 0.15) is 5.76 Å². The Labute approximate surface area is 49.3 Å². The zero-order valence-corrected chi connectivity index (χ0v) is 5.27. The minimum Gasteiger partial charge on any atom is -0.469 e. The van der Waals surface area contributed by atoms with Gasteiger partial charge in [0.2, 0.25) is 0 Å². The normalized spacial score (nSPS) is 9.75. The minimum absolute atomic E-state index is 1.00. The number of rotatable bonds is 1. The van der Waals surface area contributed by atoms with Gasteiger partial charge < -0.3 is 4.42 Å². The van der Waals surface area contributed by atoms with Gasteiger partial charge in [0.25, 0.3) is 0 Å². The topological polar surface area (TPSA) is 13.1 Å². The fraction of sp³-hybridized carbons (Fsp3) is 0.429. The Morgan fingerprint density at radius 1 is 1.62 bits per heavy atom. The first-order chi connectivity index (χ1) is 3.83. The zero-order valence-electron chi connectivity index (χ0n) is 5.27. The summed E-state index contributed by atoms with van der Waals surface area (Å²) in [5, 5.41) is 0. The van der Waals surface area contributed by atoms with Crippen molar-refractivity contribution in [3.05, 3.63) is 23.7 Å². The Hall–Kier alpha value is -0.720. The molecule has 0 saturated heterocycles. The van der Waals surface area contributed by atoms with Crippen LogP contribution in [0.2, 0.25) is 0 Å². The molecule has 0 aromatic carbocycles. The van der Waals surface area contributed by atoms with Gasteiger partial charge in [0, 0.05) is 0 Å². The van der Waals surface area contributed by atoms with Crippen molar-refractivity contribution in [2.24, 2.45) is 0 Å². The molecular formula is C7H10O. The molecule has 0 radical (unpaired) electrons. The zero-order chi connectivity index (χ0) is 5.98. The quantitative estimate of drug-likeness (QED) is 0.540. The van der Waals surface area contributed by atoms with Crippen LogP contribution in [0.1, 0.15) is 18.2 Å². The SMILES string of the molecule is CCc1coc(C)c1. The monoisotopic (exact) mass is 110 g/mol. The number of hydrogen-bond donors (Lipinski definition) is 0. The maximum absolute atomic E-state index is 5.06. The van der Waals surface area contributed by atoms with E-state index in [1.807, 2.05) is 6.92 Å². The highest BCUT2D eigenvalue weighted by molar-refractivity contribution is 5.10. The predicted molar refractivity (Wildman–Crippen MR) is 32.8 cm³/mol. The van der Waals surface area contributed by atoms with Crippen molar-refractivity contribution < 1.29 is 4.42 Å². The molecule has 0 bridgehead atoms. The first-order valence-corrected chi connectivity index (χ1v) is 2.87. The van der Waals surface area contributed by atoms with Gasteiger partial charge in [-0.05, 0) is 25.0 Å². The van der Waals surface area contributed by atoms with Gasteiger partial charge >= 0.3 is 0 Å². The van der Waals surface area contributed by atoms with Gasteiger partial charge in [-0.25, -0.2) is 0 Å². The largest absolute Gasteiger partial charge is 0.469 e. The Morgan fingerprint density at radius 3 is 2.62 bits per heavy atom. The van der Waals surface area contributed by atoms with Crippen LogP contribution in [0.3, 0.4) is 0 Å². The van der Waals surface area contributed by atoms with Crippen LogP contribution in [0, 0.1) is 6.92 Å². The molecule has 0 aliphatic rings. The lowest BCUT2D eigenvalue weighted by Gasteiger charge is -1.77. The van der Waals surface area contributed by atoms with Gasteiger partial charge in [-0.3, -0.25) is 0 Å². The molecule has 0 unspecified atom stereocenters. The van der Waals surface area contributed by atoms with Gasteiger partial charge in [-0.15, -0.1) is 0 Å². The van der Waals surface area contributed by atoms with Crippen molar-refractivity contribution in [2.75, 3.05) is 0 Å². The Bertz CT molecular complexity index is 165. The van der Waals surface area contributed by atoms with Crippen LogP contribution in [-0.2, 0) is 6.42 Å². The van der Waals surface area contributed by atoms with Crippen LogP contribution in [0.25, 0.3) is 0 Å². The van der Waals surface area contributed by atoms with E-state index in [1.165, 1.54) is 5.56 Å². The highest BCUT2D eigenvalue weighted by Crippen LogP contribution is 2.05. The molecule has 1 heterocycles. The van der Waals surface area contributed by atoms with Crippen LogP contribution in [0.4, 0.5) is 0 Å². The molecule has 0 aliphatic heterocycles. The molecule has 0 atom stereocenters. The first-order valence-electron chi connectivity index (χ1n) is 2.87. The number of aryl methyl sites for hydroxylation is 2. The molecule has 1 nitrogen and oxygen atoms in total. The van der Waals surface area contributed by atoms with E-state index in [1.54, 1.807) is 6.26 Å². The summed E-state index contributed by atoms with van der Waals surface area (Å²) >= 11 is 0. The summed E-state index contributed by atoms with van der Waals surface area (Å²) in [6.07, 6.45) is 2.87. The van der Waals surface area contributed by atoms with Gasteiger partial charge in [-0.1, -0.05) is 6.92 Å². The van der Waals surface area contributed by atoms with Crippen molar-refractivity contribution in [2.45, 2.75) is 20.3 Å². The van der Waals surface area contributed by atoms with E-state index in [4.69, 9.17) is 4.42 Å². The molecule has 0 N–H and O–H groups in total. The third kappa shape index (κ3) is 0.915. The first kappa shape index (κ1) is 5.42. The summed E-state index contributed by atoms with van der Waals surface area (Å²) in [6.45, 7) is 4.07. The Morgan fingerprint density at radius 2 is 2.38 bits per heavy atom. The standard InChI is InChI=1S/C7H10O/c1-3-7-4-6(2)8-5-7/h4-5H,3H2,1-2H3. The minimum atomic E-state index is 1.00. The highest BCUT2D eigenvalue weighted by Gasteiger charge is 1.90. The van der Waals surface area contributed by atoms with Crippen molar-refractivity contribution >= 4 is 0 Å². The van der Waals surface area contributed by atoms with Crippen molar-refractivity contribution in [3.8, 4) is 0 Å². The second-order valence-electron chi connectivity index (χ2n) is 1.92. The molecular weight excluding hydrogens is 100 g/mol. The lowest BCUT2D eigenvalue weighted by atomic mass is 10.2. The second-order valence-corrected chi connectivity index (χ2v) is 1.92. The maximum Gasteiger partial charge on any atom is 0.100 e. The summed E-state index contributed by atoms with van der Waals surface area (Å²) in [5.74, 6) is 1.00. The molecule has 0 aliphatic carbocycles. The summed E-state index contributed by atoms with van der Waals surface area (Å²) in [6, 6.07) is 2.06. The van der Waals surface area contributed by atoms with Gasteiger partial charge in [0.15, 0.2) is 0 Å². The molecule has 44 valence electrons. The van der Waals surface area contributed by atoms with Gasteiger partial charge in [-0.2, -0.15) is 0 Å². The van der Waals surface area contributed by atoms with Crippen molar-refractivity contribution in [1.82, 2.24) is 0 Å². The van der Waals surface area contributed by atoms with E-state index in [9.17, 15) is 0 Å². The van der Waals surface area contributed by atoms with Crippen LogP contribution in [0.5, 0.6) is 0 Å². The fourth-order valence-electron chi connectivity index (χ4n) is 0.683. The molecule has 0 spiro atoms. The average Bonchev–Trinajstić information content (AvgIpc) is 2.14. The Kier molecular flexibility index (Phi) is 1.38. The molecule has 8 heavy (non-hydrogen) atoms. The van der Waals surface area contributed by atoms with Crippen LogP contribution in [0.15, 0.2) is 16.7 Å². The van der Waals surface area contributed by atoms with E-state index in [-0.39, 0.29) is 0 Å². The molecule has 0 fully saturated rings. The van der Waals surface area contributed by atoms with Crippen LogP contribution >= 0.6 is 0 Å². The van der Waals surface area contributed by atoms with Crippen molar-refractivity contribution in [3.63, 3.8) is 0 Å². The van der Waals surface area contributed by atoms with E-state index >= 15 is 0 Å². The maximum atomic E-state index is 5.06. The lowest BCUT2D eigenvalue weighted by molar-refractivity contribution is 0.532. The van der Waals surface area contributed by atoms with E-state index in [2.05, 4.69) is 13.0 Å². The lowest BCUT2D eigenvalue weighted by Crippen LogP contribution is -1.67. The van der Waals surface area contributed by atoms with E-state index in [0.717, 1.165) is 12.2 Å². The molecule has 1 rings (SSSR count). The van der Waals surface area contributed by atoms with Crippen LogP contribution in [-0.4, -0.2) is 0 Å². The van der Waals surface area contributed by atoms with E-state index in [0.29, 0.717) is 0 Å².